The molecule has 1 atom stereocenters. The van der Waals surface area contributed by atoms with E-state index in [0.717, 1.165) is 16.8 Å². The highest BCUT2D eigenvalue weighted by molar-refractivity contribution is 5.99. The predicted octanol–water partition coefficient (Wildman–Crippen LogP) is 5.09. The van der Waals surface area contributed by atoms with Gasteiger partial charge in [-0.2, -0.15) is 0 Å². The van der Waals surface area contributed by atoms with E-state index in [4.69, 9.17) is 24.7 Å². The number of nitrogens with zero attached hydrogens (tertiary/aromatic N) is 1. The molecule has 9 heteroatoms. The molecule has 192 valence electrons. The van der Waals surface area contributed by atoms with Crippen molar-refractivity contribution in [3.63, 3.8) is 0 Å². The molecular weight excluding hydrogens is 474 g/mol. The number of hydrogen-bond acceptors (Lipinski definition) is 9. The van der Waals surface area contributed by atoms with Crippen molar-refractivity contribution in [1.29, 1.82) is 0 Å². The normalized spacial score (nSPS) is 14.3. The number of allylic oxidation sites excluding steroid dienone is 1. The van der Waals surface area contributed by atoms with Gasteiger partial charge in [-0.25, -0.2) is 14.6 Å². The van der Waals surface area contributed by atoms with Crippen LogP contribution in [-0.2, 0) is 20.9 Å². The first-order valence-electron chi connectivity index (χ1n) is 11.8. The summed E-state index contributed by atoms with van der Waals surface area (Å²) in [6, 6.07) is 14.3. The number of benzene rings is 2. The van der Waals surface area contributed by atoms with E-state index >= 15 is 0 Å². The molecule has 3 aromatic rings. The Morgan fingerprint density at radius 2 is 1.86 bits per heavy atom. The number of esters is 1. The molecule has 2 heterocycles. The molecule has 9 nitrogen and oxygen atoms in total. The van der Waals surface area contributed by atoms with Crippen molar-refractivity contribution in [2.24, 2.45) is 0 Å². The van der Waals surface area contributed by atoms with Crippen LogP contribution in [0.1, 0.15) is 42.0 Å². The summed E-state index contributed by atoms with van der Waals surface area (Å²) in [5.41, 5.74) is 10.8. The molecule has 4 rings (SSSR count). The van der Waals surface area contributed by atoms with Crippen molar-refractivity contribution < 1.29 is 28.5 Å². The summed E-state index contributed by atoms with van der Waals surface area (Å²) in [5.74, 6) is -0.771. The molecule has 1 aliphatic heterocycles. The number of carbonyl (C=O) groups excluding carboxylic acids is 2. The van der Waals surface area contributed by atoms with Gasteiger partial charge in [0.05, 0.1) is 36.5 Å². The van der Waals surface area contributed by atoms with Crippen molar-refractivity contribution >= 4 is 23.5 Å². The maximum absolute atomic E-state index is 13.5. The van der Waals surface area contributed by atoms with Gasteiger partial charge in [-0.05, 0) is 38.0 Å². The van der Waals surface area contributed by atoms with Crippen molar-refractivity contribution in [1.82, 2.24) is 4.98 Å². The zero-order chi connectivity index (χ0) is 26.5. The molecule has 1 unspecified atom stereocenters. The molecule has 0 bridgehead atoms. The fourth-order valence-corrected chi connectivity index (χ4v) is 4.33. The second-order valence-electron chi connectivity index (χ2n) is 8.48. The van der Waals surface area contributed by atoms with Gasteiger partial charge in [0, 0.05) is 29.2 Å². The first-order valence-corrected chi connectivity index (χ1v) is 11.8. The lowest BCUT2D eigenvalue weighted by Gasteiger charge is -2.32. The van der Waals surface area contributed by atoms with Gasteiger partial charge in [0.15, 0.2) is 0 Å². The molecule has 0 fully saturated rings. The summed E-state index contributed by atoms with van der Waals surface area (Å²) >= 11 is 0. The smallest absolute Gasteiger partial charge is 0.496 e. The Morgan fingerprint density at radius 3 is 2.57 bits per heavy atom. The zero-order valence-corrected chi connectivity index (χ0v) is 21.2. The Balaban J connectivity index is 1.76. The summed E-state index contributed by atoms with van der Waals surface area (Å²) in [6.45, 7) is 5.83. The Bertz CT molecular complexity index is 1350. The topological polar surface area (TPSA) is 122 Å². The molecule has 37 heavy (non-hydrogen) atoms. The monoisotopic (exact) mass is 503 g/mol. The van der Waals surface area contributed by atoms with Gasteiger partial charge in [0.25, 0.3) is 0 Å². The first kappa shape index (κ1) is 25.6. The first-order chi connectivity index (χ1) is 17.8. The SMILES string of the molecule is CCOc1ncc(C)c2c1C(c1ccc(N)cc1OC)C(C(=O)OC(=O)OCc1ccccc1)=C(C)N2. The molecule has 2 aromatic carbocycles. The minimum atomic E-state index is -1.10. The number of aromatic nitrogens is 1. The quantitative estimate of drug-likeness (QED) is 0.258. The molecule has 0 aliphatic carbocycles. The number of nitrogens with one attached hydrogen (secondary N) is 1. The summed E-state index contributed by atoms with van der Waals surface area (Å²) in [6.07, 6.45) is 0.599. The number of methoxy groups -OCH3 is 1. The molecule has 0 radical (unpaired) electrons. The van der Waals surface area contributed by atoms with Gasteiger partial charge >= 0.3 is 12.1 Å². The van der Waals surface area contributed by atoms with E-state index in [1.807, 2.05) is 32.0 Å². The number of nitrogen functional groups attached to an aromatic ring is 1. The number of carbonyl (C=O) groups is 2. The van der Waals surface area contributed by atoms with Crippen LogP contribution < -0.4 is 20.5 Å². The Hall–Kier alpha value is -4.53. The van der Waals surface area contributed by atoms with Crippen LogP contribution in [0.25, 0.3) is 0 Å². The van der Waals surface area contributed by atoms with E-state index in [2.05, 4.69) is 10.3 Å². The summed E-state index contributed by atoms with van der Waals surface area (Å²) in [7, 11) is 1.52. The van der Waals surface area contributed by atoms with Crippen molar-refractivity contribution in [3.8, 4) is 11.6 Å². The van der Waals surface area contributed by atoms with Gasteiger partial charge < -0.3 is 30.0 Å². The van der Waals surface area contributed by atoms with Crippen LogP contribution in [0.4, 0.5) is 16.2 Å². The van der Waals surface area contributed by atoms with E-state index in [1.165, 1.54) is 7.11 Å². The fraction of sp³-hybridized carbons (Fsp3) is 0.250. The molecule has 0 saturated heterocycles. The molecule has 1 aromatic heterocycles. The highest BCUT2D eigenvalue weighted by Gasteiger charge is 2.39. The Labute approximate surface area is 215 Å². The number of aryl methyl sites for hydroxylation is 1. The second kappa shape index (κ2) is 11.0. The third-order valence-corrected chi connectivity index (χ3v) is 6.01. The van der Waals surface area contributed by atoms with Crippen LogP contribution in [0.3, 0.4) is 0 Å². The largest absolute Gasteiger partial charge is 0.516 e. The summed E-state index contributed by atoms with van der Waals surface area (Å²) in [4.78, 5) is 30.4. The highest BCUT2D eigenvalue weighted by atomic mass is 16.7. The molecule has 0 spiro atoms. The van der Waals surface area contributed by atoms with E-state index in [1.54, 1.807) is 43.5 Å². The highest BCUT2D eigenvalue weighted by Crippen LogP contribution is 2.49. The third-order valence-electron chi connectivity index (χ3n) is 6.01. The predicted molar refractivity (Wildman–Crippen MR) is 138 cm³/mol. The number of pyridine rings is 1. The summed E-state index contributed by atoms with van der Waals surface area (Å²) in [5, 5.41) is 3.28. The maximum Gasteiger partial charge on any atom is 0.516 e. The van der Waals surface area contributed by atoms with Gasteiger partial charge in [-0.1, -0.05) is 36.4 Å². The van der Waals surface area contributed by atoms with Crippen LogP contribution in [0.5, 0.6) is 11.6 Å². The number of fused-ring (bicyclic) bond motifs is 1. The van der Waals surface area contributed by atoms with Gasteiger partial charge in [-0.3, -0.25) is 0 Å². The van der Waals surface area contributed by atoms with Crippen molar-refractivity contribution in [3.05, 3.63) is 88.3 Å². The van der Waals surface area contributed by atoms with Crippen molar-refractivity contribution in [2.75, 3.05) is 24.8 Å². The minimum Gasteiger partial charge on any atom is -0.496 e. The number of ether oxygens (including phenoxy) is 4. The van der Waals surface area contributed by atoms with Crippen LogP contribution >= 0.6 is 0 Å². The van der Waals surface area contributed by atoms with Crippen LogP contribution in [-0.4, -0.2) is 30.8 Å². The molecule has 1 aliphatic rings. The van der Waals surface area contributed by atoms with E-state index in [-0.39, 0.29) is 12.2 Å². The molecular formula is C28H29N3O6. The van der Waals surface area contributed by atoms with Gasteiger partial charge in [0.2, 0.25) is 5.88 Å². The van der Waals surface area contributed by atoms with E-state index in [0.29, 0.717) is 40.7 Å². The van der Waals surface area contributed by atoms with Crippen LogP contribution in [0.2, 0.25) is 0 Å². The molecule has 0 saturated carbocycles. The van der Waals surface area contributed by atoms with Crippen molar-refractivity contribution in [2.45, 2.75) is 33.3 Å². The lowest BCUT2D eigenvalue weighted by molar-refractivity contribution is -0.135. The number of anilines is 2. The number of rotatable bonds is 7. The Kier molecular flexibility index (Phi) is 7.62. The second-order valence-corrected chi connectivity index (χ2v) is 8.48. The number of nitrogens with two attached hydrogens (primary N) is 1. The van der Waals surface area contributed by atoms with E-state index in [9.17, 15) is 9.59 Å². The average Bonchev–Trinajstić information content (AvgIpc) is 2.89. The van der Waals surface area contributed by atoms with Crippen LogP contribution in [0, 0.1) is 6.92 Å². The standard InChI is InChI=1S/C28H29N3O6/c1-5-35-26-24-23(20-12-11-19(29)13-21(20)34-4)22(17(3)31-25(24)16(2)14-30-26)27(32)37-28(33)36-15-18-9-7-6-8-10-18/h6-14,23,31H,5,15,29H2,1-4H3. The molecule has 0 amide bonds. The minimum absolute atomic E-state index is 0.0289. The van der Waals surface area contributed by atoms with Gasteiger partial charge in [0.1, 0.15) is 12.4 Å². The fourth-order valence-electron chi connectivity index (χ4n) is 4.33. The van der Waals surface area contributed by atoms with Gasteiger partial charge in [-0.15, -0.1) is 0 Å². The third kappa shape index (κ3) is 5.35. The molecule has 3 N–H and O–H groups in total. The Morgan fingerprint density at radius 1 is 1.11 bits per heavy atom. The zero-order valence-electron chi connectivity index (χ0n) is 21.2. The van der Waals surface area contributed by atoms with Crippen LogP contribution in [0.15, 0.2) is 66.0 Å². The van der Waals surface area contributed by atoms with E-state index < -0.39 is 18.0 Å². The average molecular weight is 504 g/mol. The lowest BCUT2D eigenvalue weighted by atomic mass is 9.80. The number of hydrogen-bond donors (Lipinski definition) is 2. The summed E-state index contributed by atoms with van der Waals surface area (Å²) < 4.78 is 21.8. The maximum atomic E-state index is 13.5. The lowest BCUT2D eigenvalue weighted by Crippen LogP contribution is -2.27.